The molecule has 0 aliphatic heterocycles. The van der Waals surface area contributed by atoms with Crippen LogP contribution < -0.4 is 5.32 Å². The molecule has 196 valence electrons. The minimum Gasteiger partial charge on any atom is -0.394 e. The van der Waals surface area contributed by atoms with Gasteiger partial charge in [0.25, 0.3) is 5.91 Å². The van der Waals surface area contributed by atoms with Gasteiger partial charge < -0.3 is 20.6 Å². The lowest BCUT2D eigenvalue weighted by atomic mass is 9.71. The molecule has 2 saturated carbocycles. The van der Waals surface area contributed by atoms with E-state index in [1.165, 1.54) is 12.1 Å². The summed E-state index contributed by atoms with van der Waals surface area (Å²) < 4.78 is 67.2. The second-order valence-corrected chi connectivity index (χ2v) is 12.1. The summed E-state index contributed by atoms with van der Waals surface area (Å²) in [6.07, 6.45) is 0.229. The van der Waals surface area contributed by atoms with Crippen molar-refractivity contribution in [2.45, 2.75) is 54.0 Å². The molecular weight excluding hydrogens is 523 g/mol. The van der Waals surface area contributed by atoms with E-state index in [1.807, 2.05) is 0 Å². The van der Waals surface area contributed by atoms with Crippen LogP contribution in [-0.4, -0.2) is 53.2 Å². The number of halogens is 4. The van der Waals surface area contributed by atoms with Crippen molar-refractivity contribution in [3.8, 4) is 0 Å². The molecule has 7 nitrogen and oxygen atoms in total. The SMILES string of the molecule is O=C(Nc1cc(F)c(F)c(F)c1)c1ccc(Cl)c(S(=O)(=O)[C@H]2CC3CCC(C2)[C@]3(O)CC(O)CO)c1. The van der Waals surface area contributed by atoms with Crippen LogP contribution in [0, 0.1) is 29.3 Å². The van der Waals surface area contributed by atoms with E-state index in [-0.39, 0.29) is 40.4 Å². The van der Waals surface area contributed by atoms with Crippen LogP contribution in [0.5, 0.6) is 0 Å². The molecule has 2 aromatic carbocycles. The maximum absolute atomic E-state index is 13.5. The third kappa shape index (κ3) is 4.87. The van der Waals surface area contributed by atoms with Gasteiger partial charge >= 0.3 is 0 Å². The third-order valence-electron chi connectivity index (χ3n) is 7.33. The lowest BCUT2D eigenvalue weighted by Crippen LogP contribution is -2.50. The number of benzene rings is 2. The zero-order valence-corrected chi connectivity index (χ0v) is 20.5. The second kappa shape index (κ2) is 9.94. The van der Waals surface area contributed by atoms with Gasteiger partial charge in [0.05, 0.1) is 33.5 Å². The van der Waals surface area contributed by atoms with Gasteiger partial charge in [-0.15, -0.1) is 0 Å². The molecule has 4 rings (SSSR count). The highest BCUT2D eigenvalue weighted by molar-refractivity contribution is 7.92. The van der Waals surface area contributed by atoms with E-state index < -0.39 is 68.6 Å². The van der Waals surface area contributed by atoms with Crippen molar-refractivity contribution in [3.05, 3.63) is 58.4 Å². The normalized spacial score (nSPS) is 26.6. The van der Waals surface area contributed by atoms with E-state index in [0.717, 1.165) is 6.07 Å². The van der Waals surface area contributed by atoms with Crippen LogP contribution in [0.15, 0.2) is 35.2 Å². The average molecular weight is 548 g/mol. The maximum Gasteiger partial charge on any atom is 0.255 e. The number of hydrogen-bond acceptors (Lipinski definition) is 6. The lowest BCUT2D eigenvalue weighted by Gasteiger charge is -2.43. The predicted molar refractivity (Wildman–Crippen MR) is 125 cm³/mol. The molecule has 0 saturated heterocycles. The molecule has 12 heteroatoms. The quantitative estimate of drug-likeness (QED) is 0.394. The maximum atomic E-state index is 13.5. The van der Waals surface area contributed by atoms with Crippen LogP contribution in [0.3, 0.4) is 0 Å². The number of carbonyl (C=O) groups excluding carboxylic acids is 1. The van der Waals surface area contributed by atoms with Crippen LogP contribution in [0.25, 0.3) is 0 Å². The molecule has 2 fully saturated rings. The summed E-state index contributed by atoms with van der Waals surface area (Å²) in [6.45, 7) is -0.509. The minimum absolute atomic E-state index is 0.0490. The smallest absolute Gasteiger partial charge is 0.255 e. The highest BCUT2D eigenvalue weighted by Gasteiger charge is 2.56. The summed E-state index contributed by atoms with van der Waals surface area (Å²) in [6, 6.07) is 4.72. The van der Waals surface area contributed by atoms with Gasteiger partial charge in [0, 0.05) is 29.8 Å². The largest absolute Gasteiger partial charge is 0.394 e. The molecule has 2 aliphatic carbocycles. The van der Waals surface area contributed by atoms with Gasteiger partial charge in [-0.25, -0.2) is 21.6 Å². The van der Waals surface area contributed by atoms with E-state index in [2.05, 4.69) is 5.32 Å². The molecule has 2 bridgehead atoms. The number of carbonyl (C=O) groups is 1. The summed E-state index contributed by atoms with van der Waals surface area (Å²) in [5.74, 6) is -6.36. The first-order chi connectivity index (χ1) is 16.9. The molecular formula is C24H25ClF3NO6S. The molecule has 4 N–H and O–H groups in total. The van der Waals surface area contributed by atoms with E-state index in [9.17, 15) is 41.7 Å². The van der Waals surface area contributed by atoms with Gasteiger partial charge in [-0.05, 0) is 55.7 Å². The fraction of sp³-hybridized carbons (Fsp3) is 0.458. The Morgan fingerprint density at radius 3 is 2.25 bits per heavy atom. The summed E-state index contributed by atoms with van der Waals surface area (Å²) in [5, 5.41) is 31.4. The molecule has 0 spiro atoms. The van der Waals surface area contributed by atoms with E-state index in [1.54, 1.807) is 0 Å². The van der Waals surface area contributed by atoms with Crippen LogP contribution in [-0.2, 0) is 9.84 Å². The summed E-state index contributed by atoms with van der Waals surface area (Å²) in [5.41, 5.74) is -1.78. The standard InChI is InChI=1S/C24H25ClF3NO6S/c25-18-4-1-12(23(32)29-15-8-19(26)22(28)20(27)9-15)5-21(18)36(34,35)17-6-13-2-3-14(7-17)24(13,33)10-16(31)11-30/h1,4-5,8-9,13-14,16-17,30-31,33H,2-3,6-7,10-11H2,(H,29,32)/t13?,14?,16?,17-,24-. The molecule has 0 aromatic heterocycles. The zero-order chi connectivity index (χ0) is 26.4. The Labute approximate surface area is 210 Å². The Bertz CT molecular complexity index is 1250. The predicted octanol–water partition coefficient (Wildman–Crippen LogP) is 3.45. The van der Waals surface area contributed by atoms with Crippen LogP contribution in [0.2, 0.25) is 5.02 Å². The number of fused-ring (bicyclic) bond motifs is 2. The first-order valence-electron chi connectivity index (χ1n) is 11.4. The van der Waals surface area contributed by atoms with Gasteiger partial charge in [-0.3, -0.25) is 4.79 Å². The number of nitrogens with one attached hydrogen (secondary N) is 1. The van der Waals surface area contributed by atoms with Gasteiger partial charge in [0.1, 0.15) is 0 Å². The minimum atomic E-state index is -4.06. The van der Waals surface area contributed by atoms with Gasteiger partial charge in [-0.2, -0.15) is 0 Å². The topological polar surface area (TPSA) is 124 Å². The second-order valence-electron chi connectivity index (χ2n) is 9.49. The van der Waals surface area contributed by atoms with Crippen molar-refractivity contribution in [2.75, 3.05) is 11.9 Å². The van der Waals surface area contributed by atoms with Crippen LogP contribution in [0.1, 0.15) is 42.5 Å². The zero-order valence-electron chi connectivity index (χ0n) is 18.9. The number of anilines is 1. The van der Waals surface area contributed by atoms with E-state index in [4.69, 9.17) is 11.6 Å². The molecule has 0 heterocycles. The van der Waals surface area contributed by atoms with Crippen molar-refractivity contribution in [1.29, 1.82) is 0 Å². The molecule has 1 amide bonds. The van der Waals surface area contributed by atoms with Crippen molar-refractivity contribution >= 4 is 33.0 Å². The monoisotopic (exact) mass is 547 g/mol. The van der Waals surface area contributed by atoms with Crippen molar-refractivity contribution in [1.82, 2.24) is 0 Å². The van der Waals surface area contributed by atoms with Gasteiger partial charge in [0.2, 0.25) is 0 Å². The number of hydrogen-bond donors (Lipinski definition) is 4. The fourth-order valence-corrected chi connectivity index (χ4v) is 7.91. The Kier molecular flexibility index (Phi) is 7.42. The lowest BCUT2D eigenvalue weighted by molar-refractivity contribution is -0.0953. The Hall–Kier alpha value is -2.18. The van der Waals surface area contributed by atoms with Crippen molar-refractivity contribution in [2.24, 2.45) is 11.8 Å². The Balaban J connectivity index is 1.57. The summed E-state index contributed by atoms with van der Waals surface area (Å²) >= 11 is 6.19. The molecule has 2 aromatic rings. The average Bonchev–Trinajstić information content (AvgIpc) is 2.98. The van der Waals surface area contributed by atoms with Crippen molar-refractivity contribution < 1.29 is 41.7 Å². The number of rotatable bonds is 7. The Morgan fingerprint density at radius 1 is 1.11 bits per heavy atom. The number of amides is 1. The van der Waals surface area contributed by atoms with Crippen molar-refractivity contribution in [3.63, 3.8) is 0 Å². The van der Waals surface area contributed by atoms with Crippen LogP contribution in [0.4, 0.5) is 18.9 Å². The molecule has 3 atom stereocenters. The number of aliphatic hydroxyl groups is 3. The van der Waals surface area contributed by atoms with Gasteiger partial charge in [0.15, 0.2) is 27.3 Å². The number of sulfone groups is 1. The number of aliphatic hydroxyl groups excluding tert-OH is 2. The summed E-state index contributed by atoms with van der Waals surface area (Å²) in [7, 11) is -4.06. The first kappa shape index (κ1) is 26.9. The van der Waals surface area contributed by atoms with Gasteiger partial charge in [-0.1, -0.05) is 11.6 Å². The highest BCUT2D eigenvalue weighted by atomic mass is 35.5. The Morgan fingerprint density at radius 2 is 1.69 bits per heavy atom. The molecule has 0 radical (unpaired) electrons. The molecule has 2 aliphatic rings. The van der Waals surface area contributed by atoms with Crippen LogP contribution >= 0.6 is 11.6 Å². The molecule has 36 heavy (non-hydrogen) atoms. The van der Waals surface area contributed by atoms with E-state index >= 15 is 0 Å². The third-order valence-corrected chi connectivity index (χ3v) is 9.98. The highest BCUT2D eigenvalue weighted by Crippen LogP contribution is 2.54. The van der Waals surface area contributed by atoms with E-state index in [0.29, 0.717) is 25.0 Å². The molecule has 3 unspecified atom stereocenters. The fourth-order valence-electron chi connectivity index (χ4n) is 5.51. The first-order valence-corrected chi connectivity index (χ1v) is 13.3. The summed E-state index contributed by atoms with van der Waals surface area (Å²) in [4.78, 5) is 12.4.